The largest absolute Gasteiger partial charge is 0.325 e. The van der Waals surface area contributed by atoms with Gasteiger partial charge in [-0.2, -0.15) is 5.10 Å². The van der Waals surface area contributed by atoms with E-state index in [-0.39, 0.29) is 11.5 Å². The van der Waals surface area contributed by atoms with E-state index in [0.717, 1.165) is 32.0 Å². The third-order valence-electron chi connectivity index (χ3n) is 4.99. The van der Waals surface area contributed by atoms with Crippen LogP contribution < -0.4 is 10.9 Å². The lowest BCUT2D eigenvalue weighted by atomic mass is 10.1. The van der Waals surface area contributed by atoms with Crippen molar-refractivity contribution in [2.75, 3.05) is 5.32 Å². The lowest BCUT2D eigenvalue weighted by molar-refractivity contribution is -0.114. The Kier molecular flexibility index (Phi) is 4.63. The van der Waals surface area contributed by atoms with E-state index in [2.05, 4.69) is 31.3 Å². The fourth-order valence-electron chi connectivity index (χ4n) is 3.66. The number of fused-ring (bicyclic) bond motifs is 3. The Balaban J connectivity index is 1.84. The number of amides is 1. The lowest BCUT2D eigenvalue weighted by Crippen LogP contribution is -2.18. The Bertz CT molecular complexity index is 1520. The third-order valence-corrected chi connectivity index (χ3v) is 5.68. The second-order valence-electron chi connectivity index (χ2n) is 7.07. The summed E-state index contributed by atoms with van der Waals surface area (Å²) in [5, 5.41) is 8.75. The number of aromatic nitrogens is 4. The van der Waals surface area contributed by atoms with Gasteiger partial charge in [-0.3, -0.25) is 19.1 Å². The molecule has 5 rings (SSSR count). The van der Waals surface area contributed by atoms with E-state index in [1.54, 1.807) is 33.8 Å². The molecule has 3 heterocycles. The van der Waals surface area contributed by atoms with E-state index < -0.39 is 0 Å². The van der Waals surface area contributed by atoms with E-state index in [4.69, 9.17) is 0 Å². The van der Waals surface area contributed by atoms with E-state index in [1.165, 1.54) is 13.0 Å². The van der Waals surface area contributed by atoms with Crippen LogP contribution in [0.15, 0.2) is 82.5 Å². The van der Waals surface area contributed by atoms with Crippen molar-refractivity contribution >= 4 is 49.3 Å². The average Bonchev–Trinajstić information content (AvgIpc) is 3.29. The summed E-state index contributed by atoms with van der Waals surface area (Å²) in [5.41, 5.74) is 3.42. The molecule has 0 radical (unpaired) electrons. The van der Waals surface area contributed by atoms with Gasteiger partial charge in [0.2, 0.25) is 5.91 Å². The molecule has 0 fully saturated rings. The van der Waals surface area contributed by atoms with Gasteiger partial charge in [0.05, 0.1) is 28.1 Å². The first-order valence-electron chi connectivity index (χ1n) is 9.53. The predicted molar refractivity (Wildman–Crippen MR) is 124 cm³/mol. The van der Waals surface area contributed by atoms with Crippen LogP contribution in [0.4, 0.5) is 5.69 Å². The Labute approximate surface area is 185 Å². The maximum atomic E-state index is 13.0. The van der Waals surface area contributed by atoms with Crippen molar-refractivity contribution in [3.05, 3.63) is 88.0 Å². The minimum Gasteiger partial charge on any atom is -0.325 e. The van der Waals surface area contributed by atoms with Gasteiger partial charge in [-0.1, -0.05) is 0 Å². The van der Waals surface area contributed by atoms with E-state index in [1.807, 2.05) is 42.6 Å². The molecule has 0 atom stereocenters. The maximum Gasteiger partial charge on any atom is 0.255 e. The Morgan fingerprint density at radius 1 is 1.06 bits per heavy atom. The molecule has 31 heavy (non-hydrogen) atoms. The predicted octanol–water partition coefficient (Wildman–Crippen LogP) is 4.45. The molecule has 1 amide bonds. The number of benzene rings is 2. The average molecular weight is 474 g/mol. The molecule has 0 saturated heterocycles. The van der Waals surface area contributed by atoms with Crippen LogP contribution in [0.25, 0.3) is 33.2 Å². The summed E-state index contributed by atoms with van der Waals surface area (Å²) in [4.78, 5) is 29.2. The van der Waals surface area contributed by atoms with Crippen LogP contribution in [0.5, 0.6) is 0 Å². The fourth-order valence-corrected chi connectivity index (χ4v) is 4.00. The quantitative estimate of drug-likeness (QED) is 0.392. The van der Waals surface area contributed by atoms with Gasteiger partial charge >= 0.3 is 0 Å². The number of carbonyl (C=O) groups is 1. The summed E-state index contributed by atoms with van der Waals surface area (Å²) in [6, 6.07) is 16.4. The minimum absolute atomic E-state index is 0.180. The second kappa shape index (κ2) is 7.48. The lowest BCUT2D eigenvalue weighted by Gasteiger charge is -2.15. The van der Waals surface area contributed by atoms with E-state index in [0.29, 0.717) is 11.4 Å². The summed E-state index contributed by atoms with van der Waals surface area (Å²) >= 11 is 3.45. The number of halogens is 1. The van der Waals surface area contributed by atoms with Crippen LogP contribution >= 0.6 is 15.9 Å². The first kappa shape index (κ1) is 19.2. The van der Waals surface area contributed by atoms with Gasteiger partial charge in [-0.15, -0.1) is 0 Å². The zero-order valence-electron chi connectivity index (χ0n) is 16.4. The first-order valence-corrected chi connectivity index (χ1v) is 10.3. The highest BCUT2D eigenvalue weighted by molar-refractivity contribution is 9.10. The third kappa shape index (κ3) is 3.40. The summed E-state index contributed by atoms with van der Waals surface area (Å²) in [6.07, 6.45) is 5.34. The van der Waals surface area contributed by atoms with Gasteiger partial charge in [0.25, 0.3) is 5.56 Å². The van der Waals surface area contributed by atoms with Crippen LogP contribution in [-0.4, -0.2) is 25.2 Å². The van der Waals surface area contributed by atoms with Crippen molar-refractivity contribution in [2.24, 2.45) is 0 Å². The molecular formula is C23H16BrN5O2. The second-order valence-corrected chi connectivity index (χ2v) is 7.92. The van der Waals surface area contributed by atoms with Gasteiger partial charge in [0, 0.05) is 46.8 Å². The molecule has 3 aromatic heterocycles. The van der Waals surface area contributed by atoms with Crippen molar-refractivity contribution < 1.29 is 4.79 Å². The SMILES string of the molecule is CC(=O)Nc1cc(-n2c(=O)ccc3cnc4ccc(-n5cccn5)cc4c32)ccc1Br. The standard InChI is InChI=1S/C23H16BrN5O2/c1-14(30)27-21-12-17(4-6-19(21)24)29-22(31)8-3-15-13-25-20-7-5-16(11-18(20)23(15)29)28-10-2-9-26-28/h2-13H,1H3,(H,27,30). The Morgan fingerprint density at radius 2 is 1.90 bits per heavy atom. The van der Waals surface area contributed by atoms with Crippen molar-refractivity contribution in [3.63, 3.8) is 0 Å². The number of hydrogen-bond donors (Lipinski definition) is 1. The molecule has 7 nitrogen and oxygen atoms in total. The number of pyridine rings is 2. The highest BCUT2D eigenvalue weighted by Crippen LogP contribution is 2.29. The molecule has 0 aliphatic heterocycles. The van der Waals surface area contributed by atoms with Crippen LogP contribution in [0.3, 0.4) is 0 Å². The molecule has 0 saturated carbocycles. The molecule has 0 aliphatic rings. The van der Waals surface area contributed by atoms with Gasteiger partial charge in [0.15, 0.2) is 0 Å². The Morgan fingerprint density at radius 3 is 2.68 bits per heavy atom. The highest BCUT2D eigenvalue weighted by atomic mass is 79.9. The van der Waals surface area contributed by atoms with E-state index >= 15 is 0 Å². The van der Waals surface area contributed by atoms with Crippen LogP contribution in [0.2, 0.25) is 0 Å². The molecule has 5 aromatic rings. The number of carbonyl (C=O) groups excluding carboxylic acids is 1. The van der Waals surface area contributed by atoms with Gasteiger partial charge in [-0.25, -0.2) is 4.68 Å². The zero-order chi connectivity index (χ0) is 21.5. The van der Waals surface area contributed by atoms with Crippen LogP contribution in [-0.2, 0) is 4.79 Å². The normalized spacial score (nSPS) is 11.2. The first-order chi connectivity index (χ1) is 15.0. The van der Waals surface area contributed by atoms with Crippen molar-refractivity contribution in [2.45, 2.75) is 6.92 Å². The number of nitrogens with one attached hydrogen (secondary N) is 1. The van der Waals surface area contributed by atoms with Gasteiger partial charge < -0.3 is 5.32 Å². The summed E-state index contributed by atoms with van der Waals surface area (Å²) in [6.45, 7) is 1.44. The summed E-state index contributed by atoms with van der Waals surface area (Å²) in [7, 11) is 0. The highest BCUT2D eigenvalue weighted by Gasteiger charge is 2.13. The summed E-state index contributed by atoms with van der Waals surface area (Å²) in [5.74, 6) is -0.193. The summed E-state index contributed by atoms with van der Waals surface area (Å²) < 4.78 is 4.13. The molecule has 0 aliphatic carbocycles. The van der Waals surface area contributed by atoms with Crippen LogP contribution in [0.1, 0.15) is 6.92 Å². The smallest absolute Gasteiger partial charge is 0.255 e. The monoisotopic (exact) mass is 473 g/mol. The molecule has 152 valence electrons. The number of hydrogen-bond acceptors (Lipinski definition) is 4. The topological polar surface area (TPSA) is 81.8 Å². The molecular weight excluding hydrogens is 458 g/mol. The number of anilines is 1. The van der Waals surface area contributed by atoms with E-state index in [9.17, 15) is 9.59 Å². The molecule has 0 bridgehead atoms. The molecule has 1 N–H and O–H groups in total. The number of nitrogens with zero attached hydrogens (tertiary/aromatic N) is 4. The fraction of sp³-hybridized carbons (Fsp3) is 0.0435. The molecule has 8 heteroatoms. The van der Waals surface area contributed by atoms with Crippen molar-refractivity contribution in [3.8, 4) is 11.4 Å². The molecule has 0 spiro atoms. The minimum atomic E-state index is -0.193. The maximum absolute atomic E-state index is 13.0. The van der Waals surface area contributed by atoms with Gasteiger partial charge in [0.1, 0.15) is 0 Å². The van der Waals surface area contributed by atoms with Crippen molar-refractivity contribution in [1.29, 1.82) is 0 Å². The molecule has 2 aromatic carbocycles. The van der Waals surface area contributed by atoms with Gasteiger partial charge in [-0.05, 0) is 64.5 Å². The zero-order valence-corrected chi connectivity index (χ0v) is 18.0. The molecule has 0 unspecified atom stereocenters. The number of rotatable bonds is 3. The van der Waals surface area contributed by atoms with Crippen LogP contribution in [0, 0.1) is 0 Å². The van der Waals surface area contributed by atoms with Crippen molar-refractivity contribution in [1.82, 2.24) is 19.3 Å². The Hall–Kier alpha value is -3.78.